The molecule has 0 bridgehead atoms. The van der Waals surface area contributed by atoms with E-state index < -0.39 is 67.0 Å². The van der Waals surface area contributed by atoms with Gasteiger partial charge in [0, 0.05) is 0 Å². The monoisotopic (exact) mass is 426 g/mol. The van der Waals surface area contributed by atoms with Crippen LogP contribution in [0.15, 0.2) is 0 Å². The lowest BCUT2D eigenvalue weighted by molar-refractivity contribution is -0.238. The van der Waals surface area contributed by atoms with Crippen molar-refractivity contribution in [1.29, 1.82) is 0 Å². The van der Waals surface area contributed by atoms with Crippen LogP contribution in [0.25, 0.3) is 0 Å². The molecule has 0 saturated carbocycles. The second-order valence-electron chi connectivity index (χ2n) is 8.11. The lowest BCUT2D eigenvalue weighted by Crippen LogP contribution is -2.60. The Hall–Kier alpha value is -0.890. The first-order chi connectivity index (χ1) is 13.3. The lowest BCUT2D eigenvalue weighted by Gasteiger charge is -2.41. The van der Waals surface area contributed by atoms with Gasteiger partial charge < -0.3 is 50.3 Å². The van der Waals surface area contributed by atoms with Crippen molar-refractivity contribution < 1.29 is 55.1 Å². The van der Waals surface area contributed by atoms with E-state index in [-0.39, 0.29) is 18.4 Å². The van der Waals surface area contributed by atoms with Gasteiger partial charge in [-0.05, 0) is 11.8 Å². The van der Waals surface area contributed by atoms with Crippen LogP contribution in [0, 0.1) is 11.8 Å². The van der Waals surface area contributed by atoms with Crippen molar-refractivity contribution in [2.75, 3.05) is 6.61 Å². The summed E-state index contributed by atoms with van der Waals surface area (Å²) in [5.74, 6) is -1.48. The largest absolute Gasteiger partial charge is 0.479 e. The molecule has 2 fully saturated rings. The molecule has 0 radical (unpaired) electrons. The molecule has 2 saturated heterocycles. The minimum absolute atomic E-state index is 0.0150. The maximum Gasteiger partial charge on any atom is 0.335 e. The minimum Gasteiger partial charge on any atom is -0.479 e. The quantitative estimate of drug-likeness (QED) is 0.229. The molecular formula is C18H34O11. The maximum absolute atomic E-state index is 10.7. The highest BCUT2D eigenvalue weighted by atomic mass is 16.6. The molecule has 0 aromatic heterocycles. The second kappa shape index (κ2) is 10.9. The first kappa shape index (κ1) is 26.1. The first-order valence-electron chi connectivity index (χ1n) is 9.58. The molecule has 0 aromatic rings. The van der Waals surface area contributed by atoms with Crippen molar-refractivity contribution in [2.45, 2.75) is 88.7 Å². The number of ether oxygens (including phenoxy) is 2. The molecule has 0 aliphatic carbocycles. The van der Waals surface area contributed by atoms with Gasteiger partial charge in [-0.1, -0.05) is 27.7 Å². The van der Waals surface area contributed by atoms with E-state index in [4.69, 9.17) is 19.7 Å². The molecule has 0 aromatic carbocycles. The number of carboxylic acid groups (broad SMARTS) is 1. The zero-order chi connectivity index (χ0) is 22.6. The lowest BCUT2D eigenvalue weighted by atomic mass is 9.89. The molecule has 11 heteroatoms. The van der Waals surface area contributed by atoms with E-state index in [1.54, 1.807) is 13.8 Å². The number of carboxylic acids is 1. The number of hydrogen-bond acceptors (Lipinski definition) is 10. The van der Waals surface area contributed by atoms with E-state index >= 15 is 0 Å². The van der Waals surface area contributed by atoms with E-state index in [1.807, 2.05) is 13.8 Å². The predicted octanol–water partition coefficient (Wildman–Crippen LogP) is -2.94. The average molecular weight is 426 g/mol. The Labute approximate surface area is 169 Å². The minimum atomic E-state index is -1.60. The van der Waals surface area contributed by atoms with Gasteiger partial charge in [0.25, 0.3) is 0 Å². The highest BCUT2D eigenvalue weighted by Crippen LogP contribution is 2.26. The highest BCUT2D eigenvalue weighted by molar-refractivity contribution is 5.73. The summed E-state index contributed by atoms with van der Waals surface area (Å²) in [7, 11) is 0. The Morgan fingerprint density at radius 1 is 0.724 bits per heavy atom. The van der Waals surface area contributed by atoms with Crippen LogP contribution in [0.3, 0.4) is 0 Å². The van der Waals surface area contributed by atoms with E-state index in [2.05, 4.69) is 0 Å². The summed E-state index contributed by atoms with van der Waals surface area (Å²) in [5, 5.41) is 74.4. The Bertz CT molecular complexity index is 512. The number of aliphatic hydroxyl groups excluding tert-OH is 7. The van der Waals surface area contributed by atoms with Crippen LogP contribution in [-0.4, -0.2) is 114 Å². The molecule has 2 heterocycles. The highest BCUT2D eigenvalue weighted by Gasteiger charge is 2.47. The van der Waals surface area contributed by atoms with Crippen LogP contribution < -0.4 is 0 Å². The zero-order valence-corrected chi connectivity index (χ0v) is 16.9. The van der Waals surface area contributed by atoms with Crippen LogP contribution in [0.5, 0.6) is 0 Å². The Morgan fingerprint density at radius 3 is 1.52 bits per heavy atom. The van der Waals surface area contributed by atoms with Crippen molar-refractivity contribution in [1.82, 2.24) is 0 Å². The van der Waals surface area contributed by atoms with Crippen molar-refractivity contribution in [2.24, 2.45) is 11.8 Å². The van der Waals surface area contributed by atoms with Gasteiger partial charge in [-0.15, -0.1) is 0 Å². The van der Waals surface area contributed by atoms with E-state index in [0.717, 1.165) is 0 Å². The van der Waals surface area contributed by atoms with Gasteiger partial charge in [-0.3, -0.25) is 0 Å². The third-order valence-corrected chi connectivity index (χ3v) is 5.14. The summed E-state index contributed by atoms with van der Waals surface area (Å²) in [4.78, 5) is 10.7. The second-order valence-corrected chi connectivity index (χ2v) is 8.11. The van der Waals surface area contributed by atoms with Gasteiger partial charge in [0.2, 0.25) is 0 Å². The third-order valence-electron chi connectivity index (χ3n) is 5.14. The Balaban J connectivity index is 0.000000291. The molecule has 172 valence electrons. The normalized spacial score (nSPS) is 43.1. The molecule has 0 amide bonds. The van der Waals surface area contributed by atoms with Crippen LogP contribution in [0.2, 0.25) is 0 Å². The zero-order valence-electron chi connectivity index (χ0n) is 16.9. The fraction of sp³-hybridized carbons (Fsp3) is 0.944. The van der Waals surface area contributed by atoms with Gasteiger partial charge in [0.05, 0.1) is 18.8 Å². The average Bonchev–Trinajstić information content (AvgIpc) is 2.64. The summed E-state index contributed by atoms with van der Waals surface area (Å²) in [6.07, 6.45) is -11.6. The number of carbonyl (C=O) groups is 1. The number of hydrogen-bond donors (Lipinski definition) is 8. The van der Waals surface area contributed by atoms with E-state index in [0.29, 0.717) is 0 Å². The van der Waals surface area contributed by atoms with Crippen LogP contribution >= 0.6 is 0 Å². The SMILES string of the molecule is CC(C)C1OC(C(=O)O)C(O)C(O)C1O.CC(C)C1OC(CO)C(O)C(O)C1O. The smallest absolute Gasteiger partial charge is 0.335 e. The molecule has 10 atom stereocenters. The van der Waals surface area contributed by atoms with Gasteiger partial charge in [-0.25, -0.2) is 4.79 Å². The van der Waals surface area contributed by atoms with Gasteiger partial charge in [-0.2, -0.15) is 0 Å². The molecule has 8 N–H and O–H groups in total. The number of rotatable bonds is 4. The summed E-state index contributed by atoms with van der Waals surface area (Å²) >= 11 is 0. The summed E-state index contributed by atoms with van der Waals surface area (Å²) in [6.45, 7) is 6.78. The van der Waals surface area contributed by atoms with Gasteiger partial charge in [0.15, 0.2) is 6.10 Å². The Kier molecular flexibility index (Phi) is 9.86. The number of aliphatic hydroxyl groups is 7. The van der Waals surface area contributed by atoms with Crippen molar-refractivity contribution in [3.05, 3.63) is 0 Å². The molecule has 11 nitrogen and oxygen atoms in total. The molecule has 2 aliphatic heterocycles. The molecule has 10 unspecified atom stereocenters. The van der Waals surface area contributed by atoms with Gasteiger partial charge >= 0.3 is 5.97 Å². The molecule has 29 heavy (non-hydrogen) atoms. The first-order valence-corrected chi connectivity index (χ1v) is 9.58. The summed E-state index contributed by atoms with van der Waals surface area (Å²) in [5.41, 5.74) is 0. The fourth-order valence-corrected chi connectivity index (χ4v) is 3.34. The maximum atomic E-state index is 10.7. The van der Waals surface area contributed by atoms with Crippen molar-refractivity contribution in [3.63, 3.8) is 0 Å². The summed E-state index contributed by atoms with van der Waals surface area (Å²) in [6, 6.07) is 0. The standard InChI is InChI=1S/C9H16O6.C9H18O5/c1-3(2)7-5(11)4(10)6(12)8(15-7)9(13)14;1-4(2)9-8(13)7(12)6(11)5(3-10)14-9/h3-8,10-12H,1-2H3,(H,13,14);4-13H,3H2,1-2H3. The molecule has 2 aliphatic rings. The van der Waals surface area contributed by atoms with Crippen LogP contribution in [-0.2, 0) is 14.3 Å². The predicted molar refractivity (Wildman–Crippen MR) is 97.8 cm³/mol. The van der Waals surface area contributed by atoms with E-state index in [1.165, 1.54) is 0 Å². The molecule has 2 rings (SSSR count). The van der Waals surface area contributed by atoms with Crippen molar-refractivity contribution >= 4 is 5.97 Å². The summed E-state index contributed by atoms with van der Waals surface area (Å²) < 4.78 is 10.3. The topological polar surface area (TPSA) is 197 Å². The molecule has 0 spiro atoms. The third kappa shape index (κ3) is 6.06. The van der Waals surface area contributed by atoms with Crippen LogP contribution in [0.1, 0.15) is 27.7 Å². The molecular weight excluding hydrogens is 392 g/mol. The number of aliphatic carboxylic acids is 1. The van der Waals surface area contributed by atoms with Crippen LogP contribution in [0.4, 0.5) is 0 Å². The van der Waals surface area contributed by atoms with Gasteiger partial charge in [0.1, 0.15) is 42.7 Å². The Morgan fingerprint density at radius 2 is 1.14 bits per heavy atom. The fourth-order valence-electron chi connectivity index (χ4n) is 3.34. The van der Waals surface area contributed by atoms with E-state index in [9.17, 15) is 35.4 Å². The van der Waals surface area contributed by atoms with Crippen molar-refractivity contribution in [3.8, 4) is 0 Å².